The van der Waals surface area contributed by atoms with Crippen LogP contribution in [0.5, 0.6) is 11.5 Å². The van der Waals surface area contributed by atoms with Crippen LogP contribution in [0.3, 0.4) is 0 Å². The lowest BCUT2D eigenvalue weighted by Gasteiger charge is -2.35. The van der Waals surface area contributed by atoms with Gasteiger partial charge in [-0.2, -0.15) is 0 Å². The van der Waals surface area contributed by atoms with E-state index < -0.39 is 17.5 Å². The lowest BCUT2D eigenvalue weighted by Crippen LogP contribution is -2.49. The van der Waals surface area contributed by atoms with Crippen LogP contribution in [0.2, 0.25) is 0 Å². The number of carbonyl (C=O) groups excluding carboxylic acids is 2. The van der Waals surface area contributed by atoms with Gasteiger partial charge in [0.25, 0.3) is 0 Å². The third-order valence-electron chi connectivity index (χ3n) is 9.01. The van der Waals surface area contributed by atoms with Gasteiger partial charge in [-0.05, 0) is 94.7 Å². The molecule has 40 heavy (non-hydrogen) atoms. The van der Waals surface area contributed by atoms with Crippen LogP contribution < -0.4 is 9.47 Å². The molecule has 1 N–H and O–H groups in total. The summed E-state index contributed by atoms with van der Waals surface area (Å²) < 4.78 is 22.4. The Kier molecular flexibility index (Phi) is 9.62. The molecule has 2 unspecified atom stereocenters. The minimum absolute atomic E-state index is 0.0219. The van der Waals surface area contributed by atoms with Crippen LogP contribution in [0.4, 0.5) is 0 Å². The first-order valence-electron chi connectivity index (χ1n) is 14.5. The lowest BCUT2D eigenvalue weighted by atomic mass is 9.73. The number of hydrogen-bond donors (Lipinski definition) is 1. The molecule has 0 aromatic heterocycles. The Morgan fingerprint density at radius 3 is 2.60 bits per heavy atom. The Labute approximate surface area is 238 Å². The van der Waals surface area contributed by atoms with E-state index in [1.807, 2.05) is 26.0 Å². The van der Waals surface area contributed by atoms with Crippen molar-refractivity contribution < 1.29 is 33.6 Å². The zero-order valence-corrected chi connectivity index (χ0v) is 24.8. The molecule has 1 saturated heterocycles. The molecule has 1 aromatic carbocycles. The molecular weight excluding hydrogens is 510 g/mol. The lowest BCUT2D eigenvalue weighted by molar-refractivity contribution is -0.163. The highest BCUT2D eigenvalue weighted by Crippen LogP contribution is 2.44. The average molecular weight is 556 g/mol. The van der Waals surface area contributed by atoms with E-state index in [9.17, 15) is 14.7 Å². The molecule has 0 radical (unpaired) electrons. The predicted octanol–water partition coefficient (Wildman–Crippen LogP) is 4.93. The van der Waals surface area contributed by atoms with E-state index in [0.717, 1.165) is 55.0 Å². The fourth-order valence-electron chi connectivity index (χ4n) is 6.42. The van der Waals surface area contributed by atoms with Crippen LogP contribution in [-0.4, -0.2) is 67.5 Å². The van der Waals surface area contributed by atoms with Crippen LogP contribution in [-0.2, 0) is 25.5 Å². The number of aliphatic hydroxyl groups is 1. The number of ether oxygens (including phenoxy) is 4. The fraction of sp³-hybridized carbons (Fsp3) is 0.625. The van der Waals surface area contributed by atoms with Crippen LogP contribution in [0, 0.1) is 11.8 Å². The van der Waals surface area contributed by atoms with Crippen molar-refractivity contribution in [3.8, 4) is 11.5 Å². The minimum atomic E-state index is -1.87. The van der Waals surface area contributed by atoms with Crippen LogP contribution in [0.25, 0.3) is 0 Å². The molecule has 0 amide bonds. The second kappa shape index (κ2) is 12.8. The number of esters is 1. The van der Waals surface area contributed by atoms with Crippen molar-refractivity contribution in [1.29, 1.82) is 0 Å². The van der Waals surface area contributed by atoms with E-state index >= 15 is 0 Å². The van der Waals surface area contributed by atoms with E-state index in [1.54, 1.807) is 14.0 Å². The molecular formula is C32H45NO7. The maximum absolute atomic E-state index is 14.1. The molecule has 3 heterocycles. The molecule has 1 fully saturated rings. The van der Waals surface area contributed by atoms with Gasteiger partial charge in [0.05, 0.1) is 25.9 Å². The number of carbonyl (C=O) groups is 2. The highest BCUT2D eigenvalue weighted by atomic mass is 16.7. The Hall–Kier alpha value is -2.84. The van der Waals surface area contributed by atoms with Crippen molar-refractivity contribution in [3.63, 3.8) is 0 Å². The first-order chi connectivity index (χ1) is 19.1. The molecule has 5 atom stereocenters. The van der Waals surface area contributed by atoms with Crippen LogP contribution >= 0.6 is 0 Å². The van der Waals surface area contributed by atoms with Gasteiger partial charge < -0.3 is 24.1 Å². The highest BCUT2D eigenvalue weighted by Gasteiger charge is 2.46. The van der Waals surface area contributed by atoms with Gasteiger partial charge in [-0.3, -0.25) is 14.5 Å². The first-order valence-corrected chi connectivity index (χ1v) is 14.5. The normalized spacial score (nSPS) is 25.9. The number of fused-ring (bicyclic) bond motifs is 3. The predicted molar refractivity (Wildman–Crippen MR) is 152 cm³/mol. The summed E-state index contributed by atoms with van der Waals surface area (Å²) >= 11 is 0. The second-order valence-electron chi connectivity index (χ2n) is 11.7. The Morgan fingerprint density at radius 2 is 1.93 bits per heavy atom. The summed E-state index contributed by atoms with van der Waals surface area (Å²) in [5.41, 5.74) is 1.46. The van der Waals surface area contributed by atoms with Gasteiger partial charge in [-0.15, -0.1) is 0 Å². The average Bonchev–Trinajstić information content (AvgIpc) is 3.59. The Morgan fingerprint density at radius 1 is 1.20 bits per heavy atom. The summed E-state index contributed by atoms with van der Waals surface area (Å²) in [6.07, 6.45) is 7.76. The molecule has 0 spiro atoms. The van der Waals surface area contributed by atoms with Crippen molar-refractivity contribution in [2.24, 2.45) is 11.8 Å². The zero-order chi connectivity index (χ0) is 29.0. The summed E-state index contributed by atoms with van der Waals surface area (Å²) in [6.45, 7) is 9.73. The number of allylic oxidation sites excluding steroid dienone is 3. The maximum atomic E-state index is 14.1. The number of rotatable bonds is 9. The van der Waals surface area contributed by atoms with Crippen molar-refractivity contribution in [1.82, 2.24) is 4.90 Å². The zero-order valence-electron chi connectivity index (χ0n) is 24.8. The van der Waals surface area contributed by atoms with Crippen molar-refractivity contribution in [2.75, 3.05) is 34.1 Å². The van der Waals surface area contributed by atoms with Gasteiger partial charge in [0.15, 0.2) is 17.3 Å². The third-order valence-corrected chi connectivity index (χ3v) is 9.01. The van der Waals surface area contributed by atoms with E-state index in [-0.39, 0.29) is 43.3 Å². The second-order valence-corrected chi connectivity index (χ2v) is 11.7. The van der Waals surface area contributed by atoms with Gasteiger partial charge >= 0.3 is 5.97 Å². The highest BCUT2D eigenvalue weighted by molar-refractivity contribution is 5.92. The molecule has 4 rings (SSSR count). The summed E-state index contributed by atoms with van der Waals surface area (Å²) in [5, 5.41) is 11.9. The number of methoxy groups -OCH3 is 2. The molecule has 8 heteroatoms. The molecule has 0 bridgehead atoms. The monoisotopic (exact) mass is 555 g/mol. The van der Waals surface area contributed by atoms with Crippen molar-refractivity contribution in [2.45, 2.75) is 83.8 Å². The molecule has 3 aliphatic rings. The van der Waals surface area contributed by atoms with Gasteiger partial charge in [-0.25, -0.2) is 0 Å². The molecule has 220 valence electrons. The Balaban J connectivity index is 1.76. The standard InChI is InChI=1S/C32H45NO7/c1-20(2)9-7-12-32(36,22(4)31(35)38-6)30(34)18-26-21(3)25-17-29-28(39-19-40-29)15-23(25)11-14-33-13-8-10-24(33)16-27(26)37-5/h9,15-17,21-22,24,26,36H,7-8,10-14,18-19H2,1-6H3/b27-16+/t21?,22-,24-,26?,32-/m0/s1. The molecule has 0 aliphatic carbocycles. The first kappa shape index (κ1) is 30.1. The van der Waals surface area contributed by atoms with Gasteiger partial charge in [0.2, 0.25) is 6.79 Å². The van der Waals surface area contributed by atoms with Crippen LogP contribution in [0.1, 0.15) is 76.8 Å². The number of ketones is 1. The largest absolute Gasteiger partial charge is 0.501 e. The van der Waals surface area contributed by atoms with E-state index in [1.165, 1.54) is 12.7 Å². The quantitative estimate of drug-likeness (QED) is 0.339. The molecule has 3 aliphatic heterocycles. The minimum Gasteiger partial charge on any atom is -0.501 e. The smallest absolute Gasteiger partial charge is 0.311 e. The summed E-state index contributed by atoms with van der Waals surface area (Å²) in [5.74, 6) is -0.277. The number of benzene rings is 1. The van der Waals surface area contributed by atoms with Gasteiger partial charge in [-0.1, -0.05) is 18.6 Å². The molecule has 1 aromatic rings. The SMILES string of the molecule is COC(=O)[C@H](C)[C@@](O)(CCC=C(C)C)C(=O)CC1/C(OC)=C\[C@@H]2CCCN2CCc2cc3c(cc2C1C)OCO3. The third kappa shape index (κ3) is 6.23. The van der Waals surface area contributed by atoms with Crippen LogP contribution in [0.15, 0.2) is 35.6 Å². The molecule has 8 nitrogen and oxygen atoms in total. The van der Waals surface area contributed by atoms with E-state index in [4.69, 9.17) is 18.9 Å². The van der Waals surface area contributed by atoms with Crippen molar-refractivity contribution >= 4 is 11.8 Å². The number of hydrogen-bond acceptors (Lipinski definition) is 8. The fourth-order valence-corrected chi connectivity index (χ4v) is 6.42. The summed E-state index contributed by atoms with van der Waals surface area (Å²) in [6, 6.07) is 4.33. The maximum Gasteiger partial charge on any atom is 0.311 e. The number of Topliss-reactive ketones (excluding diaryl/α,β-unsaturated/α-hetero) is 1. The summed E-state index contributed by atoms with van der Waals surface area (Å²) in [4.78, 5) is 29.2. The van der Waals surface area contributed by atoms with E-state index in [2.05, 4.69) is 24.0 Å². The van der Waals surface area contributed by atoms with Gasteiger partial charge in [0.1, 0.15) is 5.60 Å². The Bertz CT molecular complexity index is 1150. The topological polar surface area (TPSA) is 94.5 Å². The van der Waals surface area contributed by atoms with E-state index in [0.29, 0.717) is 12.2 Å². The van der Waals surface area contributed by atoms with Crippen molar-refractivity contribution in [3.05, 3.63) is 46.7 Å². The summed E-state index contributed by atoms with van der Waals surface area (Å²) in [7, 11) is 2.93. The number of nitrogens with zero attached hydrogens (tertiary/aromatic N) is 1. The van der Waals surface area contributed by atoms with Gasteiger partial charge in [0, 0.05) is 24.9 Å². The molecule has 0 saturated carbocycles.